The summed E-state index contributed by atoms with van der Waals surface area (Å²) in [5.74, 6) is -0.901. The van der Waals surface area contributed by atoms with E-state index < -0.39 is 24.0 Å². The lowest BCUT2D eigenvalue weighted by Crippen LogP contribution is -2.44. The first-order valence-electron chi connectivity index (χ1n) is 12.8. The quantitative estimate of drug-likeness (QED) is 0.385. The molecule has 0 unspecified atom stereocenters. The molecular formula is C30H37N3O4. The average molecular weight is 504 g/mol. The Morgan fingerprint density at radius 3 is 2.54 bits per heavy atom. The molecule has 196 valence electrons. The second-order valence-electron chi connectivity index (χ2n) is 10.3. The molecule has 0 aliphatic heterocycles. The molecular weight excluding hydrogens is 466 g/mol. The smallest absolute Gasteiger partial charge is 0.305 e. The number of aromatic nitrogens is 1. The number of hydrogen-bond donors (Lipinski definition) is 2. The highest BCUT2D eigenvalue weighted by molar-refractivity contribution is 5.87. The van der Waals surface area contributed by atoms with Gasteiger partial charge < -0.3 is 15.0 Å². The van der Waals surface area contributed by atoms with Gasteiger partial charge >= 0.3 is 5.97 Å². The number of carboxylic acid groups (broad SMARTS) is 1. The number of carbonyl (C=O) groups is 2. The number of carboxylic acids is 1. The van der Waals surface area contributed by atoms with Gasteiger partial charge in [0.15, 0.2) is 0 Å². The number of benzene rings is 1. The SMILES string of the molecule is C=C(/C=N\C=C(/C)c1ccccc1C)[C@@H](CC(=O)O)NC(=O)[C@H](CC(C)C)n1cc(C2CC2)ccc1=O. The first kappa shape index (κ1) is 27.8. The van der Waals surface area contributed by atoms with E-state index in [0.29, 0.717) is 17.9 Å². The van der Waals surface area contributed by atoms with Gasteiger partial charge in [0.05, 0.1) is 12.5 Å². The van der Waals surface area contributed by atoms with Gasteiger partial charge in [-0.05, 0) is 72.8 Å². The zero-order valence-electron chi connectivity index (χ0n) is 22.1. The molecule has 1 aliphatic carbocycles. The van der Waals surface area contributed by atoms with Crippen LogP contribution in [-0.2, 0) is 9.59 Å². The summed E-state index contributed by atoms with van der Waals surface area (Å²) in [5.41, 5.74) is 4.31. The van der Waals surface area contributed by atoms with Gasteiger partial charge in [0, 0.05) is 24.7 Å². The summed E-state index contributed by atoms with van der Waals surface area (Å²) in [4.78, 5) is 42.1. The number of aliphatic carboxylic acids is 1. The van der Waals surface area contributed by atoms with E-state index in [-0.39, 0.29) is 17.9 Å². The molecule has 7 heteroatoms. The van der Waals surface area contributed by atoms with Crippen molar-refractivity contribution >= 4 is 23.7 Å². The van der Waals surface area contributed by atoms with Gasteiger partial charge in [-0.2, -0.15) is 0 Å². The molecule has 2 N–H and O–H groups in total. The van der Waals surface area contributed by atoms with Crippen LogP contribution in [0.4, 0.5) is 0 Å². The van der Waals surface area contributed by atoms with Crippen LogP contribution in [0.15, 0.2) is 70.7 Å². The summed E-state index contributed by atoms with van der Waals surface area (Å²) < 4.78 is 1.49. The molecule has 7 nitrogen and oxygen atoms in total. The molecule has 3 rings (SSSR count). The number of carbonyl (C=O) groups excluding carboxylic acids is 1. The van der Waals surface area contributed by atoms with E-state index in [4.69, 9.17) is 0 Å². The number of rotatable bonds is 12. The molecule has 37 heavy (non-hydrogen) atoms. The monoisotopic (exact) mass is 503 g/mol. The van der Waals surface area contributed by atoms with Crippen LogP contribution < -0.4 is 10.9 Å². The number of aryl methyl sites for hydroxylation is 1. The largest absolute Gasteiger partial charge is 0.481 e. The van der Waals surface area contributed by atoms with Crippen LogP contribution >= 0.6 is 0 Å². The zero-order chi connectivity index (χ0) is 27.1. The summed E-state index contributed by atoms with van der Waals surface area (Å²) in [6.07, 6.45) is 7.22. The number of nitrogens with zero attached hydrogens (tertiary/aromatic N) is 2. The second-order valence-corrected chi connectivity index (χ2v) is 10.3. The Morgan fingerprint density at radius 2 is 1.92 bits per heavy atom. The van der Waals surface area contributed by atoms with E-state index in [0.717, 1.165) is 35.1 Å². The Bertz CT molecular complexity index is 1270. The van der Waals surface area contributed by atoms with Crippen LogP contribution in [-0.4, -0.2) is 33.8 Å². The Kier molecular flexibility index (Phi) is 9.39. The molecule has 1 amide bonds. The molecule has 0 spiro atoms. The van der Waals surface area contributed by atoms with Gasteiger partial charge in [-0.1, -0.05) is 50.8 Å². The van der Waals surface area contributed by atoms with Gasteiger partial charge in [-0.3, -0.25) is 19.4 Å². The minimum atomic E-state index is -1.07. The summed E-state index contributed by atoms with van der Waals surface area (Å²) in [6, 6.07) is 9.69. The lowest BCUT2D eigenvalue weighted by atomic mass is 10.00. The molecule has 1 fully saturated rings. The third-order valence-electron chi connectivity index (χ3n) is 6.56. The third kappa shape index (κ3) is 7.87. The lowest BCUT2D eigenvalue weighted by molar-refractivity contribution is -0.137. The number of hydrogen-bond acceptors (Lipinski definition) is 4. The minimum Gasteiger partial charge on any atom is -0.481 e. The van der Waals surface area contributed by atoms with Gasteiger partial charge in [0.2, 0.25) is 5.91 Å². The van der Waals surface area contributed by atoms with Crippen molar-refractivity contribution in [1.29, 1.82) is 0 Å². The van der Waals surface area contributed by atoms with Crippen LogP contribution in [0.2, 0.25) is 0 Å². The van der Waals surface area contributed by atoms with Crippen LogP contribution in [0.25, 0.3) is 5.57 Å². The zero-order valence-corrected chi connectivity index (χ0v) is 22.1. The van der Waals surface area contributed by atoms with Crippen molar-refractivity contribution < 1.29 is 14.7 Å². The second kappa shape index (κ2) is 12.5. The van der Waals surface area contributed by atoms with Crippen molar-refractivity contribution in [2.24, 2.45) is 10.9 Å². The molecule has 0 bridgehead atoms. The Balaban J connectivity index is 1.81. The molecule has 0 radical (unpaired) electrons. The number of aliphatic imine (C=N–C) groups is 1. The average Bonchev–Trinajstić information content (AvgIpc) is 3.68. The van der Waals surface area contributed by atoms with Crippen molar-refractivity contribution in [3.63, 3.8) is 0 Å². The molecule has 1 aromatic carbocycles. The van der Waals surface area contributed by atoms with Crippen LogP contribution in [0.3, 0.4) is 0 Å². The van der Waals surface area contributed by atoms with Crippen LogP contribution in [0.1, 0.15) is 75.1 Å². The van der Waals surface area contributed by atoms with Crippen molar-refractivity contribution in [1.82, 2.24) is 9.88 Å². The maximum atomic E-state index is 13.5. The highest BCUT2D eigenvalue weighted by Crippen LogP contribution is 2.39. The van der Waals surface area contributed by atoms with E-state index >= 15 is 0 Å². The highest BCUT2D eigenvalue weighted by Gasteiger charge is 2.29. The Morgan fingerprint density at radius 1 is 1.22 bits per heavy atom. The van der Waals surface area contributed by atoms with Crippen molar-refractivity contribution in [2.75, 3.05) is 0 Å². The molecule has 2 atom stereocenters. The van der Waals surface area contributed by atoms with Crippen molar-refractivity contribution in [2.45, 2.75) is 71.4 Å². The van der Waals surface area contributed by atoms with Gasteiger partial charge in [0.1, 0.15) is 6.04 Å². The normalized spacial score (nSPS) is 15.5. The molecule has 1 heterocycles. The summed E-state index contributed by atoms with van der Waals surface area (Å²) in [6.45, 7) is 11.9. The topological polar surface area (TPSA) is 101 Å². The summed E-state index contributed by atoms with van der Waals surface area (Å²) in [7, 11) is 0. The number of nitrogens with one attached hydrogen (secondary N) is 1. The summed E-state index contributed by atoms with van der Waals surface area (Å²) >= 11 is 0. The third-order valence-corrected chi connectivity index (χ3v) is 6.56. The fourth-order valence-corrected chi connectivity index (χ4v) is 4.35. The van der Waals surface area contributed by atoms with Crippen molar-refractivity contribution in [3.8, 4) is 0 Å². The van der Waals surface area contributed by atoms with E-state index in [1.54, 1.807) is 12.4 Å². The Labute approximate surface area is 218 Å². The van der Waals surface area contributed by atoms with E-state index in [2.05, 4.69) is 16.9 Å². The number of allylic oxidation sites excluding steroid dienone is 1. The standard InChI is InChI=1S/C30H37N3O4/c1-19(2)14-27(33-18-24(23-10-11-23)12-13-28(33)34)30(37)32-26(15-29(35)36)22(5)17-31-16-21(4)25-9-7-6-8-20(25)3/h6-9,12-13,16-19,23,26-27H,5,10-11,14-15H2,1-4H3,(H,32,37)(H,35,36)/b21-16+,31-17-/t26-,27+/m1/s1. The first-order valence-corrected chi connectivity index (χ1v) is 12.8. The maximum absolute atomic E-state index is 13.5. The fourth-order valence-electron chi connectivity index (χ4n) is 4.35. The first-order chi connectivity index (χ1) is 17.6. The van der Waals surface area contributed by atoms with Gasteiger partial charge in [0.25, 0.3) is 5.56 Å². The lowest BCUT2D eigenvalue weighted by Gasteiger charge is -2.25. The van der Waals surface area contributed by atoms with E-state index in [1.807, 2.05) is 58.0 Å². The molecule has 0 saturated heterocycles. The van der Waals surface area contributed by atoms with Crippen LogP contribution in [0.5, 0.6) is 0 Å². The number of amides is 1. The van der Waals surface area contributed by atoms with Crippen molar-refractivity contribution in [3.05, 3.63) is 88.0 Å². The van der Waals surface area contributed by atoms with E-state index in [9.17, 15) is 19.5 Å². The highest BCUT2D eigenvalue weighted by atomic mass is 16.4. The van der Waals surface area contributed by atoms with E-state index in [1.165, 1.54) is 16.8 Å². The molecule has 1 aromatic heterocycles. The predicted octanol–water partition coefficient (Wildman–Crippen LogP) is 5.27. The van der Waals surface area contributed by atoms with Gasteiger partial charge in [-0.25, -0.2) is 0 Å². The predicted molar refractivity (Wildman–Crippen MR) is 148 cm³/mol. The minimum absolute atomic E-state index is 0.143. The Hall–Kier alpha value is -3.74. The molecule has 1 saturated carbocycles. The fraction of sp³-hybridized carbons (Fsp3) is 0.400. The number of pyridine rings is 1. The van der Waals surface area contributed by atoms with Gasteiger partial charge in [-0.15, -0.1) is 0 Å². The molecule has 2 aromatic rings. The molecule has 1 aliphatic rings. The summed E-state index contributed by atoms with van der Waals surface area (Å²) in [5, 5.41) is 12.3. The van der Waals surface area contributed by atoms with Crippen LogP contribution in [0, 0.1) is 12.8 Å². The maximum Gasteiger partial charge on any atom is 0.305 e.